The molecule has 8 aliphatic rings. The molecular weight excluding hydrogens is 1940 g/mol. The van der Waals surface area contributed by atoms with Crippen LogP contribution >= 0.6 is 116 Å². The van der Waals surface area contributed by atoms with Crippen molar-refractivity contribution in [2.45, 2.75) is 134 Å². The number of ether oxygens (including phenoxy) is 2. The summed E-state index contributed by atoms with van der Waals surface area (Å²) >= 11 is 62.8. The summed E-state index contributed by atoms with van der Waals surface area (Å²) in [6.07, 6.45) is 30.8. The van der Waals surface area contributed by atoms with Crippen molar-refractivity contribution in [2.24, 2.45) is 50.3 Å². The SMILES string of the molecule is CC1(CN)CCN(c2cnc(-c3cccc(Cl)c3Cl)c3ncnn23)CC1.CC1(N)CCN(c2cnc(-c3cccc(Cl)c3Cl)c3ncnn23)CC1.CC1OCC2(CCN(c3cnc(-c4cccc(Cl)c4Cl)c4ncnn34)CC2)C1N.NC1CCCC12CCN(c1cnc(-c3cccc(Cl)c3Cl)c3ncnn13)CC2.NC1COCC12CCN(c1cnc(-c3cccc(Cl)c3Cl)c3ncnn13)CC2. The molecule has 32 nitrogen and oxygen atoms in total. The lowest BCUT2D eigenvalue weighted by molar-refractivity contribution is 0.0973. The number of anilines is 5. The Hall–Kier alpha value is -9.53. The van der Waals surface area contributed by atoms with Gasteiger partial charge in [0.1, 0.15) is 60.1 Å². The van der Waals surface area contributed by atoms with Crippen LogP contribution in [0.4, 0.5) is 29.1 Å². The van der Waals surface area contributed by atoms with E-state index in [4.69, 9.17) is 159 Å². The van der Waals surface area contributed by atoms with Crippen LogP contribution in [0.15, 0.2) is 154 Å². The predicted molar refractivity (Wildman–Crippen MR) is 539 cm³/mol. The third kappa shape index (κ3) is 18.5. The number of nitrogens with zero attached hydrogens (tertiary/aromatic N) is 25. The topological polar surface area (TPSA) is 380 Å². The molecule has 17 heterocycles. The average molecular weight is 2040 g/mol. The molecule has 710 valence electrons. The summed E-state index contributed by atoms with van der Waals surface area (Å²) in [5.41, 5.74) is 42.3. The highest BCUT2D eigenvalue weighted by molar-refractivity contribution is 6.46. The van der Waals surface area contributed by atoms with Crippen molar-refractivity contribution >= 4 is 173 Å². The Morgan fingerprint density at radius 3 is 0.882 bits per heavy atom. The number of hydrogen-bond acceptors (Lipinski definition) is 27. The van der Waals surface area contributed by atoms with Crippen LogP contribution in [-0.4, -0.2) is 219 Å². The van der Waals surface area contributed by atoms with Crippen LogP contribution in [0.2, 0.25) is 50.2 Å². The van der Waals surface area contributed by atoms with Gasteiger partial charge >= 0.3 is 0 Å². The molecule has 0 radical (unpaired) electrons. The Morgan fingerprint density at radius 1 is 0.346 bits per heavy atom. The molecule has 10 N–H and O–H groups in total. The van der Waals surface area contributed by atoms with Crippen LogP contribution in [0.3, 0.4) is 0 Å². The number of rotatable bonds is 11. The molecule has 0 bridgehead atoms. The van der Waals surface area contributed by atoms with E-state index in [-0.39, 0.29) is 40.0 Å². The fraction of sp³-hybridized carbons (Fsp3) is 0.415. The van der Waals surface area contributed by atoms with Crippen LogP contribution in [0.5, 0.6) is 0 Å². The molecule has 42 heteroatoms. The number of hydrogen-bond donors (Lipinski definition) is 5. The third-order valence-corrected chi connectivity index (χ3v) is 33.1. The molecule has 10 aromatic heterocycles. The second-order valence-corrected chi connectivity index (χ2v) is 41.1. The molecule has 4 unspecified atom stereocenters. The zero-order valence-corrected chi connectivity index (χ0v) is 82.6. The number of benzene rings is 5. The third-order valence-electron chi connectivity index (χ3n) is 29.0. The molecule has 23 rings (SSSR count). The number of nitrogens with two attached hydrogens (primary N) is 5. The van der Waals surface area contributed by atoms with Crippen LogP contribution in [-0.2, 0) is 9.47 Å². The molecule has 7 aliphatic heterocycles. The van der Waals surface area contributed by atoms with Crippen LogP contribution in [0.1, 0.15) is 104 Å². The van der Waals surface area contributed by atoms with E-state index in [1.165, 1.54) is 38.2 Å². The van der Waals surface area contributed by atoms with Crippen LogP contribution in [0, 0.1) is 21.7 Å². The highest BCUT2D eigenvalue weighted by Gasteiger charge is 2.49. The van der Waals surface area contributed by atoms with Gasteiger partial charge in [0.05, 0.1) is 107 Å². The average Bonchev–Trinajstić information content (AvgIpc) is 1.36. The first kappa shape index (κ1) is 95.4. The lowest BCUT2D eigenvalue weighted by Gasteiger charge is -2.42. The Bertz CT molecular complexity index is 6710. The molecule has 1 aliphatic carbocycles. The summed E-state index contributed by atoms with van der Waals surface area (Å²) in [4.78, 5) is 56.9. The molecule has 5 aromatic carbocycles. The molecule has 4 atom stereocenters. The maximum Gasteiger partial charge on any atom is 0.183 e. The largest absolute Gasteiger partial charge is 0.379 e. The van der Waals surface area contributed by atoms with E-state index in [1.54, 1.807) is 41.2 Å². The number of piperidine rings is 5. The van der Waals surface area contributed by atoms with E-state index in [1.807, 2.05) is 110 Å². The van der Waals surface area contributed by atoms with E-state index in [9.17, 15) is 0 Å². The zero-order chi connectivity index (χ0) is 94.7. The van der Waals surface area contributed by atoms with Gasteiger partial charge in [0, 0.05) is 128 Å². The quantitative estimate of drug-likeness (QED) is 0.0803. The van der Waals surface area contributed by atoms with Gasteiger partial charge in [-0.25, -0.2) is 49.8 Å². The van der Waals surface area contributed by atoms with E-state index >= 15 is 0 Å². The first-order chi connectivity index (χ1) is 65.7. The van der Waals surface area contributed by atoms with Crippen molar-refractivity contribution in [1.29, 1.82) is 0 Å². The zero-order valence-electron chi connectivity index (χ0n) is 75.0. The van der Waals surface area contributed by atoms with E-state index in [0.29, 0.717) is 132 Å². The van der Waals surface area contributed by atoms with Gasteiger partial charge in [0.15, 0.2) is 57.3 Å². The standard InChI is InChI=1S/C20H22Cl2N6O.C20H22Cl2N6.C19H20Cl2N6O.C18H20Cl2N6.C17H18Cl2N6/c1-12-18(23)20(10-29-12)5-7-27(8-6-20)15-9-24-17(19-25-11-26-28(15)19)13-3-2-4-14(21)16(13)22;21-14-4-1-3-13(17(14)22)18-19-25-12-26-28(19)16(11-24-18)27-9-7-20(8-10-27)6-2-5-15(20)23;20-13-3-1-2-12(16(13)21)17-18-24-11-25-27(18)15(8-23-17)26-6-4-19(5-7-26)10-28-9-14(19)22;1-18(10-21)5-7-25(8-6-18)14-9-22-16(17-23-11-24-26(14)17)12-3-2-4-13(19)15(12)20;1-17(20)5-7-24(8-6-17)13-9-21-15(16-22-10-23-25(13)16)11-3-2-4-12(18)14(11)19/h2-4,9,11-12,18H,5-8,10,23H2,1H3;1,3-4,11-12,15H,2,5-10,23H2;1-3,8,11,14H,4-7,9-10,22H2;2-4,9,11H,5-8,10,21H2,1H3;2-4,9-10H,5-8,20H2,1H3. The first-order valence-electron chi connectivity index (χ1n) is 45.5. The van der Waals surface area contributed by atoms with Gasteiger partial charge in [-0.05, 0) is 139 Å². The van der Waals surface area contributed by atoms with E-state index < -0.39 is 0 Å². The van der Waals surface area contributed by atoms with Crippen molar-refractivity contribution in [1.82, 2.24) is 97.9 Å². The molecule has 15 aromatic rings. The molecule has 3 spiro atoms. The summed E-state index contributed by atoms with van der Waals surface area (Å²) in [5, 5.41) is 26.9. The summed E-state index contributed by atoms with van der Waals surface area (Å²) < 4.78 is 20.6. The van der Waals surface area contributed by atoms with Crippen molar-refractivity contribution in [3.63, 3.8) is 0 Å². The summed E-state index contributed by atoms with van der Waals surface area (Å²) in [5.74, 6) is 4.62. The second-order valence-electron chi connectivity index (χ2n) is 37.2. The maximum atomic E-state index is 6.45. The number of fused-ring (bicyclic) bond motifs is 5. The van der Waals surface area contributed by atoms with Gasteiger partial charge in [-0.15, -0.1) is 0 Å². The van der Waals surface area contributed by atoms with Gasteiger partial charge in [-0.2, -0.15) is 48.1 Å². The van der Waals surface area contributed by atoms with Crippen LogP contribution in [0.25, 0.3) is 84.5 Å². The smallest absolute Gasteiger partial charge is 0.183 e. The summed E-state index contributed by atoms with van der Waals surface area (Å²) in [6, 6.07) is 28.0. The summed E-state index contributed by atoms with van der Waals surface area (Å²) in [7, 11) is 0. The highest BCUT2D eigenvalue weighted by atomic mass is 35.5. The Balaban J connectivity index is 0.000000109. The fourth-order valence-corrected chi connectivity index (χ4v) is 22.2. The van der Waals surface area contributed by atoms with Crippen molar-refractivity contribution in [2.75, 3.05) is 116 Å². The molecule has 8 fully saturated rings. The summed E-state index contributed by atoms with van der Waals surface area (Å²) in [6.45, 7) is 18.3. The van der Waals surface area contributed by atoms with Crippen LogP contribution < -0.4 is 53.2 Å². The van der Waals surface area contributed by atoms with Crippen molar-refractivity contribution < 1.29 is 9.47 Å². The van der Waals surface area contributed by atoms with Gasteiger partial charge < -0.3 is 62.6 Å². The molecule has 136 heavy (non-hydrogen) atoms. The van der Waals surface area contributed by atoms with Crippen molar-refractivity contribution in [3.05, 3.63) is 204 Å². The Labute approximate surface area is 835 Å². The minimum absolute atomic E-state index is 0.0685. The lowest BCUT2D eigenvalue weighted by atomic mass is 9.73. The predicted octanol–water partition coefficient (Wildman–Crippen LogP) is 17.7. The lowest BCUT2D eigenvalue weighted by Crippen LogP contribution is -2.51. The number of aromatic nitrogens is 20. The molecule has 7 saturated heterocycles. The second kappa shape index (κ2) is 39.6. The molecule has 1 saturated carbocycles. The molecule has 0 amide bonds. The minimum atomic E-state index is -0.111. The monoisotopic (exact) mass is 2030 g/mol. The van der Waals surface area contributed by atoms with Gasteiger partial charge in [0.25, 0.3) is 0 Å². The maximum absolute atomic E-state index is 6.45. The molecular formula is C94H102Cl10N30O2. The minimum Gasteiger partial charge on any atom is -0.379 e. The van der Waals surface area contributed by atoms with Gasteiger partial charge in [-0.3, -0.25) is 0 Å². The van der Waals surface area contributed by atoms with E-state index in [0.717, 1.165) is 206 Å². The fourth-order valence-electron chi connectivity index (χ4n) is 20.2. The van der Waals surface area contributed by atoms with Gasteiger partial charge in [0.2, 0.25) is 0 Å². The first-order valence-corrected chi connectivity index (χ1v) is 49.3. The van der Waals surface area contributed by atoms with Crippen molar-refractivity contribution in [3.8, 4) is 56.3 Å². The Kier molecular flexibility index (Phi) is 27.8. The Morgan fingerprint density at radius 2 is 0.625 bits per heavy atom. The van der Waals surface area contributed by atoms with E-state index in [2.05, 4.69) is 116 Å². The number of halogens is 10. The normalized spacial score (nSPS) is 20.4. The highest BCUT2D eigenvalue weighted by Crippen LogP contribution is 2.49. The van der Waals surface area contributed by atoms with Gasteiger partial charge in [-0.1, -0.05) is 190 Å².